The lowest BCUT2D eigenvalue weighted by Crippen LogP contribution is -2.49. The molecule has 0 saturated carbocycles. The van der Waals surface area contributed by atoms with Crippen molar-refractivity contribution in [3.05, 3.63) is 69.0 Å². The van der Waals surface area contributed by atoms with Crippen LogP contribution < -0.4 is 15.3 Å². The molecule has 0 N–H and O–H groups in total. The van der Waals surface area contributed by atoms with E-state index in [2.05, 4.69) is 9.80 Å². The lowest BCUT2D eigenvalue weighted by Gasteiger charge is -2.38. The van der Waals surface area contributed by atoms with Gasteiger partial charge in [0.1, 0.15) is 11.3 Å². The number of hydrogen-bond donors (Lipinski definition) is 0. The van der Waals surface area contributed by atoms with Crippen molar-refractivity contribution in [3.63, 3.8) is 0 Å². The van der Waals surface area contributed by atoms with Crippen LogP contribution in [-0.4, -0.2) is 50.0 Å². The zero-order valence-corrected chi connectivity index (χ0v) is 18.0. The van der Waals surface area contributed by atoms with Crippen LogP contribution in [0.1, 0.15) is 15.9 Å². The molecule has 6 nitrogen and oxygen atoms in total. The van der Waals surface area contributed by atoms with E-state index in [9.17, 15) is 9.59 Å². The molecule has 1 aromatic heterocycles. The van der Waals surface area contributed by atoms with Crippen molar-refractivity contribution in [3.8, 4) is 5.75 Å². The maximum atomic E-state index is 13.4. The quantitative estimate of drug-likeness (QED) is 0.580. The van der Waals surface area contributed by atoms with Crippen molar-refractivity contribution in [2.24, 2.45) is 5.92 Å². The Morgan fingerprint density at radius 3 is 2.61 bits per heavy atom. The largest absolute Gasteiger partial charge is 0.492 e. The highest BCUT2D eigenvalue weighted by atomic mass is 35.5. The van der Waals surface area contributed by atoms with E-state index in [4.69, 9.17) is 20.8 Å². The Bertz CT molecular complexity index is 1210. The van der Waals surface area contributed by atoms with Crippen LogP contribution in [0.15, 0.2) is 51.7 Å². The van der Waals surface area contributed by atoms with Crippen molar-refractivity contribution < 1.29 is 13.9 Å². The van der Waals surface area contributed by atoms with Gasteiger partial charge in [0.25, 0.3) is 0 Å². The van der Waals surface area contributed by atoms with E-state index in [-0.39, 0.29) is 11.7 Å². The molecule has 31 heavy (non-hydrogen) atoms. The molecule has 5 rings (SSSR count). The predicted molar refractivity (Wildman–Crippen MR) is 121 cm³/mol. The zero-order valence-electron chi connectivity index (χ0n) is 17.3. The number of benzene rings is 2. The number of nitrogens with zero attached hydrogens (tertiary/aromatic N) is 2. The van der Waals surface area contributed by atoms with Gasteiger partial charge < -0.3 is 14.1 Å². The summed E-state index contributed by atoms with van der Waals surface area (Å²) in [6, 6.07) is 12.9. The maximum Gasteiger partial charge on any atom is 0.336 e. The topological polar surface area (TPSA) is 63.0 Å². The molecule has 7 heteroatoms. The molecule has 3 heterocycles. The van der Waals surface area contributed by atoms with Gasteiger partial charge in [0.15, 0.2) is 11.4 Å². The van der Waals surface area contributed by atoms with E-state index in [1.807, 2.05) is 37.3 Å². The lowest BCUT2D eigenvalue weighted by atomic mass is 9.92. The number of piperazine rings is 1. The molecule has 2 aliphatic heterocycles. The molecule has 0 amide bonds. The first kappa shape index (κ1) is 20.1. The van der Waals surface area contributed by atoms with Gasteiger partial charge in [0, 0.05) is 44.2 Å². The SMILES string of the molecule is Cc1cc(=O)oc2c3c(ccc12)OCC(CN1CCN(c2ccccc2Cl)CC1)C3=O. The minimum Gasteiger partial charge on any atom is -0.492 e. The first-order valence-electron chi connectivity index (χ1n) is 10.5. The normalized spacial score (nSPS) is 19.4. The number of hydrogen-bond acceptors (Lipinski definition) is 6. The van der Waals surface area contributed by atoms with Crippen molar-refractivity contribution in [2.45, 2.75) is 6.92 Å². The Kier molecular flexibility index (Phi) is 5.20. The van der Waals surface area contributed by atoms with E-state index in [1.54, 1.807) is 6.07 Å². The van der Waals surface area contributed by atoms with Crippen molar-refractivity contribution in [1.29, 1.82) is 0 Å². The Morgan fingerprint density at radius 2 is 1.84 bits per heavy atom. The molecule has 3 aromatic rings. The van der Waals surface area contributed by atoms with Gasteiger partial charge in [0.2, 0.25) is 0 Å². The number of ketones is 1. The summed E-state index contributed by atoms with van der Waals surface area (Å²) in [6.45, 7) is 6.16. The second kappa shape index (κ2) is 8.02. The van der Waals surface area contributed by atoms with Crippen LogP contribution in [0.4, 0.5) is 5.69 Å². The van der Waals surface area contributed by atoms with Crippen molar-refractivity contribution >= 4 is 34.0 Å². The van der Waals surface area contributed by atoms with Crippen LogP contribution in [0.2, 0.25) is 5.02 Å². The molecule has 0 radical (unpaired) electrons. The van der Waals surface area contributed by atoms with Gasteiger partial charge in [-0.2, -0.15) is 0 Å². The molecule has 2 aromatic carbocycles. The van der Waals surface area contributed by atoms with Crippen molar-refractivity contribution in [2.75, 3.05) is 44.2 Å². The number of halogens is 1. The number of rotatable bonds is 3. The number of Topliss-reactive ketones (excluding diaryl/α,β-unsaturated/α-hetero) is 1. The molecule has 1 atom stereocenters. The Labute approximate surface area is 185 Å². The highest BCUT2D eigenvalue weighted by Crippen LogP contribution is 2.35. The fraction of sp³-hybridized carbons (Fsp3) is 0.333. The van der Waals surface area contributed by atoms with Crippen LogP contribution in [0, 0.1) is 12.8 Å². The second-order valence-corrected chi connectivity index (χ2v) is 8.58. The third-order valence-corrected chi connectivity index (χ3v) is 6.50. The van der Waals surface area contributed by atoms with Crippen LogP contribution in [0.25, 0.3) is 11.0 Å². The number of carbonyl (C=O) groups is 1. The average molecular weight is 439 g/mol. The van der Waals surface area contributed by atoms with E-state index >= 15 is 0 Å². The fourth-order valence-electron chi connectivity index (χ4n) is 4.52. The van der Waals surface area contributed by atoms with Crippen LogP contribution >= 0.6 is 11.6 Å². The van der Waals surface area contributed by atoms with Gasteiger partial charge >= 0.3 is 5.63 Å². The van der Waals surface area contributed by atoms with Crippen LogP contribution in [0.5, 0.6) is 5.75 Å². The molecule has 2 aliphatic rings. The minimum absolute atomic E-state index is 0.0193. The number of carbonyl (C=O) groups excluding carboxylic acids is 1. The summed E-state index contributed by atoms with van der Waals surface area (Å²) in [5.41, 5.74) is 2.11. The highest BCUT2D eigenvalue weighted by Gasteiger charge is 2.34. The van der Waals surface area contributed by atoms with E-state index in [0.29, 0.717) is 30.0 Å². The Morgan fingerprint density at radius 1 is 1.06 bits per heavy atom. The molecular formula is C24H23ClN2O4. The third kappa shape index (κ3) is 3.70. The lowest BCUT2D eigenvalue weighted by molar-refractivity contribution is 0.0764. The molecule has 0 spiro atoms. The van der Waals surface area contributed by atoms with Crippen LogP contribution in [0.3, 0.4) is 0 Å². The number of fused-ring (bicyclic) bond motifs is 3. The fourth-order valence-corrected chi connectivity index (χ4v) is 4.77. The Balaban J connectivity index is 1.33. The number of para-hydroxylation sites is 1. The summed E-state index contributed by atoms with van der Waals surface area (Å²) in [6.07, 6.45) is 0. The maximum absolute atomic E-state index is 13.4. The average Bonchev–Trinajstić information content (AvgIpc) is 2.76. The zero-order chi connectivity index (χ0) is 21.5. The van der Waals surface area contributed by atoms with Gasteiger partial charge in [-0.3, -0.25) is 9.69 Å². The van der Waals surface area contributed by atoms with E-state index < -0.39 is 5.63 Å². The summed E-state index contributed by atoms with van der Waals surface area (Å²) in [5.74, 6) is 0.177. The summed E-state index contributed by atoms with van der Waals surface area (Å²) in [4.78, 5) is 29.9. The second-order valence-electron chi connectivity index (χ2n) is 8.18. The highest BCUT2D eigenvalue weighted by molar-refractivity contribution is 6.33. The van der Waals surface area contributed by atoms with Gasteiger partial charge in [-0.1, -0.05) is 23.7 Å². The van der Waals surface area contributed by atoms with E-state index in [0.717, 1.165) is 47.8 Å². The molecule has 0 bridgehead atoms. The molecular weight excluding hydrogens is 416 g/mol. The summed E-state index contributed by atoms with van der Waals surface area (Å²) in [5, 5.41) is 1.52. The molecule has 1 unspecified atom stereocenters. The smallest absolute Gasteiger partial charge is 0.336 e. The van der Waals surface area contributed by atoms with Gasteiger partial charge in [-0.05, 0) is 36.8 Å². The monoisotopic (exact) mass is 438 g/mol. The van der Waals surface area contributed by atoms with Gasteiger partial charge in [0.05, 0.1) is 23.2 Å². The molecule has 1 saturated heterocycles. The first-order chi connectivity index (χ1) is 15.0. The molecule has 1 fully saturated rings. The predicted octanol–water partition coefficient (Wildman–Crippen LogP) is 3.77. The van der Waals surface area contributed by atoms with Crippen LogP contribution in [-0.2, 0) is 0 Å². The molecule has 160 valence electrons. The summed E-state index contributed by atoms with van der Waals surface area (Å²) < 4.78 is 11.3. The Hall–Kier alpha value is -2.83. The minimum atomic E-state index is -0.455. The molecule has 0 aliphatic carbocycles. The van der Waals surface area contributed by atoms with E-state index in [1.165, 1.54) is 6.07 Å². The standard InChI is InChI=1S/C24H23ClN2O4/c1-15-12-21(28)31-24-17(15)6-7-20-22(24)23(29)16(14-30-20)13-26-8-10-27(11-9-26)19-5-3-2-4-18(19)25/h2-7,12,16H,8-11,13-14H2,1H3. The number of ether oxygens (including phenoxy) is 1. The summed E-state index contributed by atoms with van der Waals surface area (Å²) >= 11 is 6.34. The first-order valence-corrected chi connectivity index (χ1v) is 10.9. The van der Waals surface area contributed by atoms with Gasteiger partial charge in [-0.25, -0.2) is 4.79 Å². The number of aryl methyl sites for hydroxylation is 1. The van der Waals surface area contributed by atoms with Gasteiger partial charge in [-0.15, -0.1) is 0 Å². The summed E-state index contributed by atoms with van der Waals surface area (Å²) in [7, 11) is 0. The van der Waals surface area contributed by atoms with Crippen molar-refractivity contribution in [1.82, 2.24) is 4.90 Å². The third-order valence-electron chi connectivity index (χ3n) is 6.18. The number of anilines is 1.